The van der Waals surface area contributed by atoms with Crippen LogP contribution in [0.4, 0.5) is 5.69 Å². The van der Waals surface area contributed by atoms with E-state index < -0.39 is 0 Å². The molecule has 0 bridgehead atoms. The molecule has 0 radical (unpaired) electrons. The fourth-order valence-corrected chi connectivity index (χ4v) is 1.50. The second-order valence-corrected chi connectivity index (χ2v) is 3.95. The van der Waals surface area contributed by atoms with Gasteiger partial charge in [0.05, 0.1) is 11.3 Å². The Morgan fingerprint density at radius 1 is 1.32 bits per heavy atom. The zero-order chi connectivity index (χ0) is 14.1. The highest BCUT2D eigenvalue weighted by Gasteiger charge is 2.11. The summed E-state index contributed by atoms with van der Waals surface area (Å²) < 4.78 is 0. The third kappa shape index (κ3) is 4.93. The fraction of sp³-hybridized carbons (Fsp3) is 0.286. The Labute approximate surface area is 113 Å². The van der Waals surface area contributed by atoms with Crippen molar-refractivity contribution in [1.29, 1.82) is 0 Å². The summed E-state index contributed by atoms with van der Waals surface area (Å²) in [6.45, 7) is 4.52. The van der Waals surface area contributed by atoms with Gasteiger partial charge in [-0.2, -0.15) is 0 Å². The Hall–Kier alpha value is -2.14. The molecule has 0 spiro atoms. The van der Waals surface area contributed by atoms with Crippen LogP contribution in [0, 0.1) is 0 Å². The predicted octanol–water partition coefficient (Wildman–Crippen LogP) is 1.15. The van der Waals surface area contributed by atoms with Gasteiger partial charge in [-0.05, 0) is 19.2 Å². The molecule has 102 valence electrons. The third-order valence-electron chi connectivity index (χ3n) is 2.45. The van der Waals surface area contributed by atoms with Crippen LogP contribution in [0.15, 0.2) is 36.9 Å². The van der Waals surface area contributed by atoms with Gasteiger partial charge in [-0.3, -0.25) is 9.59 Å². The second-order valence-electron chi connectivity index (χ2n) is 3.95. The standard InChI is InChI=1S/C14H19N3O2/c1-3-9-16-14(19)11-6-4-5-7-12(11)17-13(18)8-10-15-2/h3-7,15H,1,8-10H2,2H3,(H,16,19)(H,17,18). The van der Waals surface area contributed by atoms with Crippen molar-refractivity contribution < 1.29 is 9.59 Å². The Morgan fingerprint density at radius 2 is 2.05 bits per heavy atom. The second kappa shape index (κ2) is 8.05. The molecule has 0 saturated heterocycles. The molecule has 0 aliphatic carbocycles. The average molecular weight is 261 g/mol. The molecule has 0 aliphatic heterocycles. The Balaban J connectivity index is 2.75. The molecule has 0 fully saturated rings. The minimum Gasteiger partial charge on any atom is -0.349 e. The van der Waals surface area contributed by atoms with Gasteiger partial charge in [-0.1, -0.05) is 18.2 Å². The number of para-hydroxylation sites is 1. The first-order valence-electron chi connectivity index (χ1n) is 6.11. The lowest BCUT2D eigenvalue weighted by atomic mass is 10.1. The van der Waals surface area contributed by atoms with Gasteiger partial charge >= 0.3 is 0 Å². The number of hydrogen-bond donors (Lipinski definition) is 3. The molecule has 0 heterocycles. The third-order valence-corrected chi connectivity index (χ3v) is 2.45. The summed E-state index contributed by atoms with van der Waals surface area (Å²) in [5.41, 5.74) is 0.965. The van der Waals surface area contributed by atoms with Crippen LogP contribution in [0.5, 0.6) is 0 Å². The number of rotatable bonds is 7. The molecule has 0 unspecified atom stereocenters. The monoisotopic (exact) mass is 261 g/mol. The van der Waals surface area contributed by atoms with Crippen molar-refractivity contribution in [3.05, 3.63) is 42.5 Å². The van der Waals surface area contributed by atoms with Crippen molar-refractivity contribution in [2.45, 2.75) is 6.42 Å². The number of amides is 2. The molecular weight excluding hydrogens is 242 g/mol. The van der Waals surface area contributed by atoms with Gasteiger partial charge in [-0.15, -0.1) is 6.58 Å². The summed E-state index contributed by atoms with van der Waals surface area (Å²) in [6, 6.07) is 6.91. The van der Waals surface area contributed by atoms with Gasteiger partial charge < -0.3 is 16.0 Å². The first-order chi connectivity index (χ1) is 9.19. The van der Waals surface area contributed by atoms with E-state index in [4.69, 9.17) is 0 Å². The van der Waals surface area contributed by atoms with E-state index >= 15 is 0 Å². The average Bonchev–Trinajstić information content (AvgIpc) is 2.43. The lowest BCUT2D eigenvalue weighted by Crippen LogP contribution is -2.25. The molecule has 0 aliphatic rings. The van der Waals surface area contributed by atoms with Crippen molar-refractivity contribution in [2.75, 3.05) is 25.5 Å². The lowest BCUT2D eigenvalue weighted by molar-refractivity contribution is -0.116. The van der Waals surface area contributed by atoms with E-state index in [0.29, 0.717) is 30.8 Å². The molecule has 1 rings (SSSR count). The van der Waals surface area contributed by atoms with Crippen LogP contribution in [-0.4, -0.2) is 32.0 Å². The fourth-order valence-electron chi connectivity index (χ4n) is 1.50. The highest BCUT2D eigenvalue weighted by atomic mass is 16.2. The molecule has 19 heavy (non-hydrogen) atoms. The van der Waals surface area contributed by atoms with Gasteiger partial charge in [0.15, 0.2) is 0 Å². The molecule has 3 N–H and O–H groups in total. The zero-order valence-corrected chi connectivity index (χ0v) is 11.0. The highest BCUT2D eigenvalue weighted by Crippen LogP contribution is 2.15. The van der Waals surface area contributed by atoms with Crippen LogP contribution < -0.4 is 16.0 Å². The number of hydrogen-bond acceptors (Lipinski definition) is 3. The minimum absolute atomic E-state index is 0.127. The molecule has 1 aromatic carbocycles. The van der Waals surface area contributed by atoms with Gasteiger partial charge in [-0.25, -0.2) is 0 Å². The number of carbonyl (C=O) groups excluding carboxylic acids is 2. The molecule has 2 amide bonds. The number of carbonyl (C=O) groups is 2. The van der Waals surface area contributed by atoms with Gasteiger partial charge in [0.2, 0.25) is 5.91 Å². The molecule has 0 aromatic heterocycles. The molecule has 5 heteroatoms. The topological polar surface area (TPSA) is 70.2 Å². The van der Waals surface area contributed by atoms with Crippen molar-refractivity contribution in [2.24, 2.45) is 0 Å². The minimum atomic E-state index is -0.232. The summed E-state index contributed by atoms with van der Waals surface area (Å²) in [4.78, 5) is 23.6. The van der Waals surface area contributed by atoms with Crippen LogP contribution in [-0.2, 0) is 4.79 Å². The van der Waals surface area contributed by atoms with Crippen molar-refractivity contribution in [1.82, 2.24) is 10.6 Å². The summed E-state index contributed by atoms with van der Waals surface area (Å²) in [6.07, 6.45) is 1.96. The van der Waals surface area contributed by atoms with Crippen molar-refractivity contribution in [3.63, 3.8) is 0 Å². The zero-order valence-electron chi connectivity index (χ0n) is 11.0. The quantitative estimate of drug-likeness (QED) is 0.645. The SMILES string of the molecule is C=CCNC(=O)c1ccccc1NC(=O)CCNC. The predicted molar refractivity (Wildman–Crippen MR) is 76.1 cm³/mol. The van der Waals surface area contributed by atoms with Crippen LogP contribution >= 0.6 is 0 Å². The molecular formula is C14H19N3O2. The molecule has 0 atom stereocenters. The maximum absolute atomic E-state index is 11.9. The van der Waals surface area contributed by atoms with Gasteiger partial charge in [0.25, 0.3) is 5.91 Å². The maximum Gasteiger partial charge on any atom is 0.253 e. The van der Waals surface area contributed by atoms with Crippen LogP contribution in [0.3, 0.4) is 0 Å². The van der Waals surface area contributed by atoms with E-state index in [2.05, 4.69) is 22.5 Å². The van der Waals surface area contributed by atoms with E-state index in [1.165, 1.54) is 0 Å². The number of benzene rings is 1. The van der Waals surface area contributed by atoms with Gasteiger partial charge in [0.1, 0.15) is 0 Å². The van der Waals surface area contributed by atoms with Crippen molar-refractivity contribution in [3.8, 4) is 0 Å². The molecule has 1 aromatic rings. The number of anilines is 1. The van der Waals surface area contributed by atoms with E-state index in [-0.39, 0.29) is 11.8 Å². The normalized spacial score (nSPS) is 9.74. The van der Waals surface area contributed by atoms with E-state index in [1.807, 2.05) is 0 Å². The Morgan fingerprint density at radius 3 is 2.74 bits per heavy atom. The summed E-state index contributed by atoms with van der Waals surface area (Å²) in [7, 11) is 1.78. The Kier molecular flexibility index (Phi) is 6.32. The summed E-state index contributed by atoms with van der Waals surface area (Å²) in [5.74, 6) is -0.359. The van der Waals surface area contributed by atoms with Crippen LogP contribution in [0.2, 0.25) is 0 Å². The summed E-state index contributed by atoms with van der Waals surface area (Å²) in [5, 5.41) is 8.32. The Bertz CT molecular complexity index is 458. The van der Waals surface area contributed by atoms with E-state index in [0.717, 1.165) is 0 Å². The maximum atomic E-state index is 11.9. The highest BCUT2D eigenvalue weighted by molar-refractivity contribution is 6.03. The van der Waals surface area contributed by atoms with Gasteiger partial charge in [0, 0.05) is 19.5 Å². The lowest BCUT2D eigenvalue weighted by Gasteiger charge is -2.10. The van der Waals surface area contributed by atoms with E-state index in [9.17, 15) is 9.59 Å². The first-order valence-corrected chi connectivity index (χ1v) is 6.11. The molecule has 5 nitrogen and oxygen atoms in total. The van der Waals surface area contributed by atoms with Crippen LogP contribution in [0.1, 0.15) is 16.8 Å². The molecule has 0 saturated carbocycles. The largest absolute Gasteiger partial charge is 0.349 e. The van der Waals surface area contributed by atoms with E-state index in [1.54, 1.807) is 37.4 Å². The van der Waals surface area contributed by atoms with Crippen LogP contribution in [0.25, 0.3) is 0 Å². The smallest absolute Gasteiger partial charge is 0.253 e. The number of nitrogens with one attached hydrogen (secondary N) is 3. The first kappa shape index (κ1) is 14.9. The van der Waals surface area contributed by atoms with Crippen molar-refractivity contribution >= 4 is 17.5 Å². The summed E-state index contributed by atoms with van der Waals surface area (Å²) >= 11 is 0.